The summed E-state index contributed by atoms with van der Waals surface area (Å²) >= 11 is 0. The van der Waals surface area contributed by atoms with Crippen LogP contribution in [0.15, 0.2) is 54.6 Å². The van der Waals surface area contributed by atoms with Crippen molar-refractivity contribution in [3.05, 3.63) is 66.0 Å². The van der Waals surface area contributed by atoms with E-state index >= 15 is 0 Å². The smallest absolute Gasteiger partial charge is 0.254 e. The van der Waals surface area contributed by atoms with Crippen LogP contribution in [0.25, 0.3) is 22.2 Å². The predicted molar refractivity (Wildman–Crippen MR) is 132 cm³/mol. The number of likely N-dealkylation sites (N-methyl/N-ethyl adjacent to an activating group) is 1. The van der Waals surface area contributed by atoms with Gasteiger partial charge in [-0.05, 0) is 62.3 Å². The van der Waals surface area contributed by atoms with Gasteiger partial charge in [-0.15, -0.1) is 0 Å². The molecule has 0 aliphatic carbocycles. The summed E-state index contributed by atoms with van der Waals surface area (Å²) in [4.78, 5) is 22.9. The topological polar surface area (TPSA) is 48.5 Å². The minimum absolute atomic E-state index is 0.0463. The van der Waals surface area contributed by atoms with E-state index in [-0.39, 0.29) is 17.8 Å². The van der Waals surface area contributed by atoms with Crippen LogP contribution in [-0.4, -0.2) is 66.0 Å². The summed E-state index contributed by atoms with van der Waals surface area (Å²) in [6.07, 6.45) is 2.03. The number of fused-ring (bicyclic) bond motifs is 1. The molecule has 6 heteroatoms. The Labute approximate surface area is 195 Å². The zero-order valence-electron chi connectivity index (χ0n) is 19.6. The summed E-state index contributed by atoms with van der Waals surface area (Å²) in [5.41, 5.74) is 2.92. The van der Waals surface area contributed by atoms with Crippen LogP contribution in [0.2, 0.25) is 0 Å². The van der Waals surface area contributed by atoms with E-state index in [1.54, 1.807) is 12.1 Å². The van der Waals surface area contributed by atoms with Crippen molar-refractivity contribution in [3.63, 3.8) is 0 Å². The third-order valence-corrected chi connectivity index (χ3v) is 6.60. The minimum Gasteiger partial charge on any atom is -0.334 e. The first kappa shape index (κ1) is 23.3. The molecule has 2 heterocycles. The number of para-hydroxylation sites is 1. The average molecular weight is 449 g/mol. The third kappa shape index (κ3) is 5.40. The maximum absolute atomic E-state index is 13.7. The van der Waals surface area contributed by atoms with Crippen LogP contribution in [0.4, 0.5) is 4.39 Å². The Hall–Kier alpha value is -2.83. The lowest BCUT2D eigenvalue weighted by atomic mass is 10.0. The van der Waals surface area contributed by atoms with Crippen LogP contribution in [0, 0.1) is 5.82 Å². The van der Waals surface area contributed by atoms with Gasteiger partial charge < -0.3 is 15.1 Å². The maximum Gasteiger partial charge on any atom is 0.254 e. The lowest BCUT2D eigenvalue weighted by Gasteiger charge is -2.26. The summed E-state index contributed by atoms with van der Waals surface area (Å²) in [5, 5.41) is 4.41. The number of nitrogens with zero attached hydrogens (tertiary/aromatic N) is 3. The van der Waals surface area contributed by atoms with E-state index in [4.69, 9.17) is 4.98 Å². The Kier molecular flexibility index (Phi) is 7.68. The van der Waals surface area contributed by atoms with Gasteiger partial charge in [0.1, 0.15) is 5.82 Å². The summed E-state index contributed by atoms with van der Waals surface area (Å²) in [5.74, 6) is -0.241. The van der Waals surface area contributed by atoms with E-state index in [2.05, 4.69) is 24.1 Å². The lowest BCUT2D eigenvalue weighted by Crippen LogP contribution is -2.43. The first-order valence-corrected chi connectivity index (χ1v) is 12.0. The molecule has 5 nitrogen and oxygen atoms in total. The monoisotopic (exact) mass is 448 g/mol. The van der Waals surface area contributed by atoms with E-state index in [0.29, 0.717) is 11.3 Å². The fourth-order valence-electron chi connectivity index (χ4n) is 4.64. The van der Waals surface area contributed by atoms with Crippen molar-refractivity contribution in [2.24, 2.45) is 0 Å². The van der Waals surface area contributed by atoms with Crippen molar-refractivity contribution in [2.75, 3.05) is 39.3 Å². The molecule has 1 fully saturated rings. The molecule has 174 valence electrons. The molecule has 0 bridgehead atoms. The fraction of sp³-hybridized carbons (Fsp3) is 0.407. The normalized spacial score (nSPS) is 16.1. The molecule has 1 saturated heterocycles. The van der Waals surface area contributed by atoms with E-state index in [1.807, 2.05) is 35.2 Å². The molecule has 1 aliphatic heterocycles. The number of benzene rings is 2. The number of nitrogens with one attached hydrogen (secondary N) is 1. The first-order chi connectivity index (χ1) is 16.1. The van der Waals surface area contributed by atoms with Crippen molar-refractivity contribution >= 4 is 16.8 Å². The Morgan fingerprint density at radius 2 is 1.91 bits per heavy atom. The molecule has 1 unspecified atom stereocenters. The molecule has 3 aromatic rings. The quantitative estimate of drug-likeness (QED) is 0.487. The highest BCUT2D eigenvalue weighted by molar-refractivity contribution is 6.07. The van der Waals surface area contributed by atoms with Crippen molar-refractivity contribution in [1.29, 1.82) is 0 Å². The van der Waals surface area contributed by atoms with Gasteiger partial charge in [-0.1, -0.05) is 32.0 Å². The Balaban J connectivity index is 1.55. The number of hydrogen-bond donors (Lipinski definition) is 1. The van der Waals surface area contributed by atoms with Crippen LogP contribution in [0.3, 0.4) is 0 Å². The van der Waals surface area contributed by atoms with Crippen LogP contribution in [0.5, 0.6) is 0 Å². The number of aromatic nitrogens is 1. The zero-order valence-corrected chi connectivity index (χ0v) is 19.6. The van der Waals surface area contributed by atoms with Gasteiger partial charge in [-0.25, -0.2) is 9.37 Å². The van der Waals surface area contributed by atoms with Gasteiger partial charge in [0.2, 0.25) is 0 Å². The number of carbonyl (C=O) groups is 1. The van der Waals surface area contributed by atoms with Gasteiger partial charge in [0.15, 0.2) is 0 Å². The molecular weight excluding hydrogens is 415 g/mol. The fourth-order valence-corrected chi connectivity index (χ4v) is 4.64. The largest absolute Gasteiger partial charge is 0.334 e. The molecular formula is C27H33FN4O. The average Bonchev–Trinajstić information content (AvgIpc) is 3.32. The number of halogens is 1. The van der Waals surface area contributed by atoms with Crippen molar-refractivity contribution in [2.45, 2.75) is 32.7 Å². The Morgan fingerprint density at radius 1 is 1.15 bits per heavy atom. The first-order valence-electron chi connectivity index (χ1n) is 12.0. The second-order valence-corrected chi connectivity index (χ2v) is 8.60. The van der Waals surface area contributed by atoms with E-state index in [0.717, 1.165) is 68.6 Å². The van der Waals surface area contributed by atoms with Gasteiger partial charge in [-0.3, -0.25) is 4.79 Å². The summed E-state index contributed by atoms with van der Waals surface area (Å²) in [6, 6.07) is 16.1. The van der Waals surface area contributed by atoms with E-state index < -0.39 is 0 Å². The molecule has 0 radical (unpaired) electrons. The highest BCUT2D eigenvalue weighted by atomic mass is 19.1. The third-order valence-electron chi connectivity index (χ3n) is 6.60. The molecule has 1 N–H and O–H groups in total. The molecule has 1 aromatic heterocycles. The van der Waals surface area contributed by atoms with Gasteiger partial charge in [-0.2, -0.15) is 0 Å². The van der Waals surface area contributed by atoms with E-state index in [1.165, 1.54) is 12.1 Å². The summed E-state index contributed by atoms with van der Waals surface area (Å²) in [6.45, 7) is 9.98. The van der Waals surface area contributed by atoms with E-state index in [9.17, 15) is 9.18 Å². The minimum atomic E-state index is -0.288. The predicted octanol–water partition coefficient (Wildman–Crippen LogP) is 4.58. The van der Waals surface area contributed by atoms with Crippen LogP contribution in [0.1, 0.15) is 37.0 Å². The van der Waals surface area contributed by atoms with Crippen molar-refractivity contribution in [3.8, 4) is 11.3 Å². The molecule has 1 amide bonds. The van der Waals surface area contributed by atoms with Crippen molar-refractivity contribution in [1.82, 2.24) is 20.1 Å². The van der Waals surface area contributed by atoms with Gasteiger partial charge in [0, 0.05) is 43.2 Å². The standard InChI is InChI=1S/C27H33FN4O/c1-3-31(4-2)17-15-29-19-22-8-7-16-32(22)27(33)24-18-26(20-11-13-21(28)14-12-20)30-25-10-6-5-9-23(24)25/h5-6,9-14,18,22,29H,3-4,7-8,15-17,19H2,1-2H3. The molecule has 1 aliphatic rings. The van der Waals surface area contributed by atoms with Gasteiger partial charge in [0.05, 0.1) is 16.8 Å². The van der Waals surface area contributed by atoms with Crippen LogP contribution < -0.4 is 5.32 Å². The number of amides is 1. The molecule has 2 aromatic carbocycles. The number of hydrogen-bond acceptors (Lipinski definition) is 4. The lowest BCUT2D eigenvalue weighted by molar-refractivity contribution is 0.0737. The van der Waals surface area contributed by atoms with Crippen molar-refractivity contribution < 1.29 is 9.18 Å². The number of likely N-dealkylation sites (tertiary alicyclic amines) is 1. The van der Waals surface area contributed by atoms with Crippen LogP contribution in [-0.2, 0) is 0 Å². The molecule has 33 heavy (non-hydrogen) atoms. The SMILES string of the molecule is CCN(CC)CCNCC1CCCN1C(=O)c1cc(-c2ccc(F)cc2)nc2ccccc12. The molecule has 0 spiro atoms. The maximum atomic E-state index is 13.7. The Morgan fingerprint density at radius 3 is 2.67 bits per heavy atom. The van der Waals surface area contributed by atoms with Gasteiger partial charge >= 0.3 is 0 Å². The summed E-state index contributed by atoms with van der Waals surface area (Å²) in [7, 11) is 0. The van der Waals surface area contributed by atoms with Crippen LogP contribution >= 0.6 is 0 Å². The molecule has 1 atom stereocenters. The summed E-state index contributed by atoms with van der Waals surface area (Å²) < 4.78 is 13.4. The number of pyridine rings is 1. The highest BCUT2D eigenvalue weighted by Crippen LogP contribution is 2.28. The zero-order chi connectivity index (χ0) is 23.2. The number of carbonyl (C=O) groups excluding carboxylic acids is 1. The molecule has 4 rings (SSSR count). The second-order valence-electron chi connectivity index (χ2n) is 8.60. The Bertz CT molecular complexity index is 1080. The number of rotatable bonds is 9. The second kappa shape index (κ2) is 10.9. The van der Waals surface area contributed by atoms with Gasteiger partial charge in [0.25, 0.3) is 5.91 Å². The highest BCUT2D eigenvalue weighted by Gasteiger charge is 2.30. The molecule has 0 saturated carbocycles.